The fourth-order valence-corrected chi connectivity index (χ4v) is 8.63. The Kier molecular flexibility index (Phi) is 7.04. The Balaban J connectivity index is 1.15. The first kappa shape index (κ1) is 29.5. The van der Waals surface area contributed by atoms with Crippen LogP contribution in [-0.2, 0) is 0 Å². The molecule has 0 aliphatic carbocycles. The fourth-order valence-electron chi connectivity index (χ4n) is 7.55. The van der Waals surface area contributed by atoms with Crippen molar-refractivity contribution in [2.24, 2.45) is 0 Å². The third kappa shape index (κ3) is 5.10. The van der Waals surface area contributed by atoms with Crippen molar-refractivity contribution in [1.29, 1.82) is 0 Å². The molecule has 0 spiro atoms. The van der Waals surface area contributed by atoms with Gasteiger partial charge in [-0.15, -0.1) is 11.3 Å². The predicted molar refractivity (Wildman–Crippen MR) is 219 cm³/mol. The van der Waals surface area contributed by atoms with Crippen LogP contribution in [0.1, 0.15) is 0 Å². The summed E-state index contributed by atoms with van der Waals surface area (Å²) in [5, 5.41) is 5.09. The van der Waals surface area contributed by atoms with Crippen molar-refractivity contribution in [2.75, 3.05) is 4.90 Å². The fraction of sp³-hybridized carbons (Fsp3) is 0. The first-order valence-electron chi connectivity index (χ1n) is 17.3. The van der Waals surface area contributed by atoms with E-state index in [4.69, 9.17) is 0 Å². The Morgan fingerprint density at radius 3 is 1.47 bits per heavy atom. The lowest BCUT2D eigenvalue weighted by atomic mass is 10.0. The lowest BCUT2D eigenvalue weighted by Crippen LogP contribution is -2.09. The summed E-state index contributed by atoms with van der Waals surface area (Å²) in [5.41, 5.74) is 11.7. The van der Waals surface area contributed by atoms with E-state index >= 15 is 0 Å². The number of thiophene rings is 1. The Hall–Kier alpha value is -6.42. The van der Waals surface area contributed by atoms with Gasteiger partial charge in [0.15, 0.2) is 0 Å². The average molecular weight is 669 g/mol. The van der Waals surface area contributed by atoms with Crippen LogP contribution >= 0.6 is 11.3 Å². The maximum absolute atomic E-state index is 2.43. The van der Waals surface area contributed by atoms with E-state index in [9.17, 15) is 0 Å². The van der Waals surface area contributed by atoms with E-state index in [-0.39, 0.29) is 0 Å². The second kappa shape index (κ2) is 12.2. The normalized spacial score (nSPS) is 11.5. The van der Waals surface area contributed by atoms with Gasteiger partial charge in [0.2, 0.25) is 0 Å². The number of anilines is 3. The van der Waals surface area contributed by atoms with Gasteiger partial charge in [0.05, 0.1) is 11.0 Å². The van der Waals surface area contributed by atoms with E-state index < -0.39 is 0 Å². The van der Waals surface area contributed by atoms with Crippen LogP contribution in [0, 0.1) is 0 Å². The minimum Gasteiger partial charge on any atom is -0.310 e. The van der Waals surface area contributed by atoms with E-state index in [0.717, 1.165) is 22.7 Å². The van der Waals surface area contributed by atoms with E-state index in [1.54, 1.807) is 0 Å². The molecular weight excluding hydrogens is 637 g/mol. The smallest absolute Gasteiger partial charge is 0.0547 e. The molecule has 0 N–H and O–H groups in total. The van der Waals surface area contributed by atoms with Crippen LogP contribution in [0.15, 0.2) is 194 Å². The maximum Gasteiger partial charge on any atom is 0.0547 e. The average Bonchev–Trinajstić information content (AvgIpc) is 3.74. The summed E-state index contributed by atoms with van der Waals surface area (Å²) in [4.78, 5) is 2.36. The zero-order valence-electron chi connectivity index (χ0n) is 27.8. The van der Waals surface area contributed by atoms with Crippen molar-refractivity contribution in [1.82, 2.24) is 4.57 Å². The lowest BCUT2D eigenvalue weighted by molar-refractivity contribution is 1.17. The predicted octanol–water partition coefficient (Wildman–Crippen LogP) is 14.0. The molecule has 2 aromatic heterocycles. The summed E-state index contributed by atoms with van der Waals surface area (Å²) in [7, 11) is 0. The van der Waals surface area contributed by atoms with Crippen molar-refractivity contribution in [3.63, 3.8) is 0 Å². The summed E-state index contributed by atoms with van der Waals surface area (Å²) in [6.45, 7) is 0. The van der Waals surface area contributed by atoms with Gasteiger partial charge in [-0.1, -0.05) is 121 Å². The summed E-state index contributed by atoms with van der Waals surface area (Å²) in [5.74, 6) is 0. The molecule has 51 heavy (non-hydrogen) atoms. The molecule has 0 atom stereocenters. The molecule has 2 nitrogen and oxygen atoms in total. The topological polar surface area (TPSA) is 8.17 Å². The SMILES string of the molecule is c1ccc(-c2ccc3c4ccc(-c5ccccc5)cc4n(-c4ccc(N(c5ccccc5)c5ccc6sc7ccccc7c6c5)cc4)c3c2)cc1. The number of benzene rings is 8. The Labute approximate surface area is 300 Å². The molecule has 0 aliphatic rings. The van der Waals surface area contributed by atoms with Crippen molar-refractivity contribution in [3.8, 4) is 27.9 Å². The van der Waals surface area contributed by atoms with Crippen molar-refractivity contribution in [3.05, 3.63) is 194 Å². The van der Waals surface area contributed by atoms with Crippen LogP contribution in [0.3, 0.4) is 0 Å². The first-order valence-corrected chi connectivity index (χ1v) is 18.2. The minimum absolute atomic E-state index is 1.11. The number of para-hydroxylation sites is 1. The molecule has 0 unspecified atom stereocenters. The van der Waals surface area contributed by atoms with Gasteiger partial charge >= 0.3 is 0 Å². The summed E-state index contributed by atoms with van der Waals surface area (Å²) in [6, 6.07) is 70.4. The molecule has 240 valence electrons. The highest BCUT2D eigenvalue weighted by atomic mass is 32.1. The molecule has 8 aromatic carbocycles. The Morgan fingerprint density at radius 1 is 0.333 bits per heavy atom. The highest BCUT2D eigenvalue weighted by Crippen LogP contribution is 2.42. The third-order valence-electron chi connectivity index (χ3n) is 9.98. The van der Waals surface area contributed by atoms with Crippen molar-refractivity contribution < 1.29 is 0 Å². The molecule has 0 bridgehead atoms. The van der Waals surface area contributed by atoms with E-state index in [0.29, 0.717) is 0 Å². The van der Waals surface area contributed by atoms with Gasteiger partial charge in [0.25, 0.3) is 0 Å². The highest BCUT2D eigenvalue weighted by molar-refractivity contribution is 7.25. The largest absolute Gasteiger partial charge is 0.310 e. The van der Waals surface area contributed by atoms with Crippen LogP contribution < -0.4 is 4.90 Å². The van der Waals surface area contributed by atoms with Gasteiger partial charge in [-0.2, -0.15) is 0 Å². The van der Waals surface area contributed by atoms with Crippen LogP contribution in [-0.4, -0.2) is 4.57 Å². The number of rotatable bonds is 6. The molecule has 0 saturated carbocycles. The number of nitrogens with zero attached hydrogens (tertiary/aromatic N) is 2. The monoisotopic (exact) mass is 668 g/mol. The number of fused-ring (bicyclic) bond motifs is 6. The maximum atomic E-state index is 2.43. The molecule has 0 radical (unpaired) electrons. The van der Waals surface area contributed by atoms with Crippen LogP contribution in [0.25, 0.3) is 69.9 Å². The molecule has 10 aromatic rings. The van der Waals surface area contributed by atoms with Gasteiger partial charge < -0.3 is 9.47 Å². The molecule has 0 fully saturated rings. The second-order valence-corrected chi connectivity index (χ2v) is 14.1. The van der Waals surface area contributed by atoms with Crippen molar-refractivity contribution >= 4 is 70.4 Å². The lowest BCUT2D eigenvalue weighted by Gasteiger charge is -2.26. The van der Waals surface area contributed by atoms with Gasteiger partial charge in [-0.3, -0.25) is 0 Å². The van der Waals surface area contributed by atoms with E-state index in [1.807, 2.05) is 11.3 Å². The standard InChI is InChI=1S/C48H32N2S/c1-4-12-33(13-5-1)35-20-27-41-42-28-21-36(34-14-6-2-7-15-34)31-46(42)50(45(41)30-35)39-24-22-38(23-25-39)49(37-16-8-3-9-17-37)40-26-29-48-44(32-40)43-18-10-11-19-47(43)51-48/h1-32H. The van der Waals surface area contributed by atoms with Gasteiger partial charge in [0.1, 0.15) is 0 Å². The molecule has 3 heteroatoms. The summed E-state index contributed by atoms with van der Waals surface area (Å²) < 4.78 is 5.06. The molecule has 0 aliphatic heterocycles. The van der Waals surface area contributed by atoms with Crippen LogP contribution in [0.2, 0.25) is 0 Å². The summed E-state index contributed by atoms with van der Waals surface area (Å²) in [6.07, 6.45) is 0. The molecule has 10 rings (SSSR count). The zero-order valence-corrected chi connectivity index (χ0v) is 28.6. The number of hydrogen-bond acceptors (Lipinski definition) is 2. The van der Waals surface area contributed by atoms with Crippen molar-refractivity contribution in [2.45, 2.75) is 0 Å². The molecule has 0 amide bonds. The van der Waals surface area contributed by atoms with Gasteiger partial charge in [-0.05, 0) is 95.1 Å². The number of hydrogen-bond donors (Lipinski definition) is 0. The Bertz CT molecular complexity index is 2740. The second-order valence-electron chi connectivity index (χ2n) is 13.0. The third-order valence-corrected chi connectivity index (χ3v) is 11.1. The zero-order chi connectivity index (χ0) is 33.7. The van der Waals surface area contributed by atoms with Gasteiger partial charge in [0, 0.05) is 53.7 Å². The molecule has 0 saturated heterocycles. The van der Waals surface area contributed by atoms with E-state index in [2.05, 4.69) is 204 Å². The van der Waals surface area contributed by atoms with Crippen LogP contribution in [0.5, 0.6) is 0 Å². The van der Waals surface area contributed by atoms with E-state index in [1.165, 1.54) is 64.2 Å². The molecule has 2 heterocycles. The first-order chi connectivity index (χ1) is 25.3. The number of aromatic nitrogens is 1. The van der Waals surface area contributed by atoms with Gasteiger partial charge in [-0.25, -0.2) is 0 Å². The van der Waals surface area contributed by atoms with Crippen LogP contribution in [0.4, 0.5) is 17.1 Å². The minimum atomic E-state index is 1.11. The Morgan fingerprint density at radius 2 is 0.843 bits per heavy atom. The summed E-state index contributed by atoms with van der Waals surface area (Å²) >= 11 is 1.85. The highest BCUT2D eigenvalue weighted by Gasteiger charge is 2.18. The quantitative estimate of drug-likeness (QED) is 0.171. The molecular formula is C48H32N2S.